The fourth-order valence-electron chi connectivity index (χ4n) is 7.74. The Morgan fingerprint density at radius 2 is 0.577 bits per heavy atom. The first-order valence-corrected chi connectivity index (χ1v) is 28.2. The lowest BCUT2D eigenvalue weighted by molar-refractivity contribution is -0.191. The molecule has 0 aliphatic heterocycles. The first-order chi connectivity index (χ1) is 34.4. The van der Waals surface area contributed by atoms with Crippen molar-refractivity contribution in [1.29, 1.82) is 0 Å². The maximum absolute atomic E-state index is 14.0. The molecule has 0 saturated heterocycles. The molecular weight excluding hydrogens is 911 g/mol. The predicted octanol–water partition coefficient (Wildman–Crippen LogP) is 12.2. The lowest BCUT2D eigenvalue weighted by Gasteiger charge is -2.30. The van der Waals surface area contributed by atoms with E-state index in [0.717, 1.165) is 173 Å². The van der Waals surface area contributed by atoms with Crippen LogP contribution < -0.4 is 0 Å². The van der Waals surface area contributed by atoms with Gasteiger partial charge in [0.15, 0.2) is 0 Å². The smallest absolute Gasteiger partial charge is 0.351 e. The minimum atomic E-state index is -2.27. The zero-order chi connectivity index (χ0) is 52.5. The summed E-state index contributed by atoms with van der Waals surface area (Å²) < 4.78 is 38.6. The van der Waals surface area contributed by atoms with Gasteiger partial charge < -0.3 is 38.1 Å². The first-order valence-electron chi connectivity index (χ1n) is 28.2. The quantitative estimate of drug-likeness (QED) is 0.0318. The molecule has 15 nitrogen and oxygen atoms in total. The average molecular weight is 1010 g/mol. The molecule has 0 bridgehead atoms. The molecule has 0 radical (unpaired) electrons. The Kier molecular flexibility index (Phi) is 46.0. The molecule has 0 N–H and O–H groups in total. The van der Waals surface area contributed by atoms with E-state index >= 15 is 0 Å². The molecule has 0 aliphatic carbocycles. The normalized spacial score (nSPS) is 11.3. The number of nitrogens with zero attached hydrogens (tertiary/aromatic N) is 1. The van der Waals surface area contributed by atoms with Crippen LogP contribution in [0.1, 0.15) is 252 Å². The molecule has 0 aromatic carbocycles. The second-order valence-electron chi connectivity index (χ2n) is 19.4. The number of ether oxygens (including phenoxy) is 7. The van der Waals surface area contributed by atoms with Crippen LogP contribution in [0.5, 0.6) is 0 Å². The van der Waals surface area contributed by atoms with E-state index in [0.29, 0.717) is 64.9 Å². The molecule has 0 fully saturated rings. The Morgan fingerprint density at radius 3 is 0.873 bits per heavy atom. The maximum atomic E-state index is 14.0. The third kappa shape index (κ3) is 43.5. The summed E-state index contributed by atoms with van der Waals surface area (Å²) in [4.78, 5) is 91.6. The third-order valence-corrected chi connectivity index (χ3v) is 12.2. The fourth-order valence-corrected chi connectivity index (χ4v) is 7.74. The summed E-state index contributed by atoms with van der Waals surface area (Å²) in [6.45, 7) is 8.14. The summed E-state index contributed by atoms with van der Waals surface area (Å²) in [6, 6.07) is 0. The molecule has 0 atom stereocenters. The fraction of sp³-hybridized carbons (Fsp3) is 0.875. The Balaban J connectivity index is 5.27. The summed E-state index contributed by atoms with van der Waals surface area (Å²) in [7, 11) is 3.58. The number of rotatable bonds is 51. The van der Waals surface area contributed by atoms with Crippen molar-refractivity contribution in [1.82, 2.24) is 4.90 Å². The molecule has 15 heteroatoms. The van der Waals surface area contributed by atoms with Gasteiger partial charge in [-0.05, 0) is 71.9 Å². The molecule has 0 rings (SSSR count). The van der Waals surface area contributed by atoms with E-state index in [1.165, 1.54) is 0 Å². The van der Waals surface area contributed by atoms with Crippen molar-refractivity contribution in [2.75, 3.05) is 60.3 Å². The molecule has 414 valence electrons. The van der Waals surface area contributed by atoms with E-state index in [2.05, 4.69) is 20.8 Å². The molecule has 0 aromatic rings. The largest absolute Gasteiger partial charge is 0.466 e. The van der Waals surface area contributed by atoms with E-state index in [4.69, 9.17) is 33.2 Å². The topological polar surface area (TPSA) is 187 Å². The summed E-state index contributed by atoms with van der Waals surface area (Å²) in [5, 5.41) is 0. The van der Waals surface area contributed by atoms with Gasteiger partial charge in [0.05, 0.1) is 58.9 Å². The summed E-state index contributed by atoms with van der Waals surface area (Å²) >= 11 is 0. The highest BCUT2D eigenvalue weighted by Crippen LogP contribution is 2.27. The number of unbranched alkanes of at least 4 members (excludes halogenated alkanes) is 24. The van der Waals surface area contributed by atoms with Gasteiger partial charge in [-0.2, -0.15) is 0 Å². The molecule has 0 aliphatic rings. The van der Waals surface area contributed by atoms with Gasteiger partial charge in [0.1, 0.15) is 0 Å². The molecule has 0 spiro atoms. The van der Waals surface area contributed by atoms with Gasteiger partial charge in [-0.3, -0.25) is 28.8 Å². The number of carbonyl (C=O) groups excluding carboxylic acids is 7. The van der Waals surface area contributed by atoms with Crippen LogP contribution in [0.4, 0.5) is 0 Å². The average Bonchev–Trinajstić information content (AvgIpc) is 3.34. The van der Waals surface area contributed by atoms with Crippen molar-refractivity contribution in [3.63, 3.8) is 0 Å². The van der Waals surface area contributed by atoms with Crippen molar-refractivity contribution in [2.24, 2.45) is 0 Å². The second kappa shape index (κ2) is 48.5. The molecule has 0 amide bonds. The van der Waals surface area contributed by atoms with Crippen LogP contribution in [0.25, 0.3) is 0 Å². The summed E-state index contributed by atoms with van der Waals surface area (Å²) in [6.07, 6.45) is 27.0. The zero-order valence-electron chi connectivity index (χ0n) is 45.6. The van der Waals surface area contributed by atoms with Gasteiger partial charge in [0, 0.05) is 25.8 Å². The summed E-state index contributed by atoms with van der Waals surface area (Å²) in [5.41, 5.74) is -2.27. The Labute approximate surface area is 429 Å². The van der Waals surface area contributed by atoms with Crippen molar-refractivity contribution >= 4 is 41.8 Å². The number of carbonyl (C=O) groups is 7. The first kappa shape index (κ1) is 67.2. The van der Waals surface area contributed by atoms with Gasteiger partial charge in [0.25, 0.3) is 0 Å². The van der Waals surface area contributed by atoms with Crippen LogP contribution in [0, 0.1) is 0 Å². The third-order valence-electron chi connectivity index (χ3n) is 12.2. The molecule has 0 heterocycles. The summed E-state index contributed by atoms with van der Waals surface area (Å²) in [5.74, 6) is -3.76. The van der Waals surface area contributed by atoms with Crippen LogP contribution >= 0.6 is 0 Å². The SMILES string of the molecule is CCCCCCC(=O)OCCCCCCCCOC(=O)CC(CC(=O)OCCCCCCCCOC(=O)CCCCCC)(OC(=O)CCN(C)C)C(=O)OCCCCCCCCOC(=O)CCCCCC. The predicted molar refractivity (Wildman–Crippen MR) is 276 cm³/mol. The van der Waals surface area contributed by atoms with Gasteiger partial charge in [-0.1, -0.05) is 156 Å². The van der Waals surface area contributed by atoms with E-state index in [1.807, 2.05) is 0 Å². The monoisotopic (exact) mass is 1010 g/mol. The van der Waals surface area contributed by atoms with Crippen molar-refractivity contribution in [3.8, 4) is 0 Å². The van der Waals surface area contributed by atoms with Crippen LogP contribution in [-0.4, -0.2) is 113 Å². The number of hydrogen-bond acceptors (Lipinski definition) is 15. The number of esters is 7. The van der Waals surface area contributed by atoms with Crippen molar-refractivity contribution in [3.05, 3.63) is 0 Å². The number of hydrogen-bond donors (Lipinski definition) is 0. The molecular formula is C56H101NO14. The van der Waals surface area contributed by atoms with Crippen LogP contribution in [0.3, 0.4) is 0 Å². The van der Waals surface area contributed by atoms with Gasteiger partial charge >= 0.3 is 41.8 Å². The van der Waals surface area contributed by atoms with Gasteiger partial charge in [-0.25, -0.2) is 4.79 Å². The Hall–Kier alpha value is -3.75. The molecule has 71 heavy (non-hydrogen) atoms. The van der Waals surface area contributed by atoms with Gasteiger partial charge in [0.2, 0.25) is 5.60 Å². The van der Waals surface area contributed by atoms with E-state index in [1.54, 1.807) is 19.0 Å². The van der Waals surface area contributed by atoms with Crippen molar-refractivity contribution < 1.29 is 66.7 Å². The minimum Gasteiger partial charge on any atom is -0.466 e. The van der Waals surface area contributed by atoms with E-state index < -0.39 is 42.3 Å². The molecule has 0 unspecified atom stereocenters. The lowest BCUT2D eigenvalue weighted by atomic mass is 9.94. The highest BCUT2D eigenvalue weighted by atomic mass is 16.6. The minimum absolute atomic E-state index is 0.00146. The Morgan fingerprint density at radius 1 is 0.310 bits per heavy atom. The maximum Gasteiger partial charge on any atom is 0.351 e. The van der Waals surface area contributed by atoms with Gasteiger partial charge in [-0.15, -0.1) is 0 Å². The van der Waals surface area contributed by atoms with Crippen LogP contribution in [0.15, 0.2) is 0 Å². The Bertz CT molecular complexity index is 1310. The molecule has 0 saturated carbocycles. The molecule has 0 aromatic heterocycles. The lowest BCUT2D eigenvalue weighted by Crippen LogP contribution is -2.49. The highest BCUT2D eigenvalue weighted by molar-refractivity contribution is 5.92. The second-order valence-corrected chi connectivity index (χ2v) is 19.4. The highest BCUT2D eigenvalue weighted by Gasteiger charge is 2.49. The zero-order valence-corrected chi connectivity index (χ0v) is 45.6. The van der Waals surface area contributed by atoms with E-state index in [9.17, 15) is 33.6 Å². The van der Waals surface area contributed by atoms with Crippen molar-refractivity contribution in [2.45, 2.75) is 258 Å². The van der Waals surface area contributed by atoms with Crippen LogP contribution in [-0.2, 0) is 66.7 Å². The van der Waals surface area contributed by atoms with Crippen LogP contribution in [0.2, 0.25) is 0 Å². The standard InChI is InChI=1S/C56H101NO14/c1-6-9-12-27-36-49(58)65-41-30-21-15-17-24-33-44-68-53(62)47-56(71-52(61)39-40-57(4)5,55(64)70-46-35-26-20-19-23-32-43-67-51(60)38-29-14-11-8-3)48-54(63)69-45-34-25-18-16-22-31-42-66-50(59)37-28-13-10-7-2/h6-48H2,1-5H3. The van der Waals surface area contributed by atoms with E-state index in [-0.39, 0.29) is 44.1 Å².